The highest BCUT2D eigenvalue weighted by atomic mass is 15.1. The fourth-order valence-corrected chi connectivity index (χ4v) is 14.6. The average Bonchev–Trinajstić information content (AvgIpc) is 3.66. The minimum absolute atomic E-state index is 0.148. The van der Waals surface area contributed by atoms with E-state index in [1.165, 1.54) is 120 Å². The number of nitrogens with zero attached hydrogens (tertiary/aromatic N) is 2. The maximum Gasteiger partial charge on any atom is 0.0540 e. The number of para-hydroxylation sites is 2. The van der Waals surface area contributed by atoms with Crippen molar-refractivity contribution in [1.82, 2.24) is 0 Å². The molecule has 1 spiro atoms. The van der Waals surface area contributed by atoms with E-state index in [2.05, 4.69) is 216 Å². The Bertz CT molecular complexity index is 3710. The normalized spacial score (nSPS) is 21.4. The second-order valence-corrected chi connectivity index (χ2v) is 20.1. The quantitative estimate of drug-likeness (QED) is 0.154. The number of fused-ring (bicyclic) bond motifs is 6. The Balaban J connectivity index is 0.923. The topological polar surface area (TPSA) is 6.48 Å². The fraction of sp³-hybridized carbons (Fsp3) is 0.156. The van der Waals surface area contributed by atoms with Crippen molar-refractivity contribution in [3.63, 3.8) is 0 Å². The SMILES string of the molecule is c1ccc(N(c2ccc3c(c2)-c2ccccc2C32C3CC4CC(C3)CC2C4)c2ccc3ccc4c(N(c5ccccc5)c5ccc6c(ccc7ccccc76)c5)ccc5ccc2c3c54)cc1. The van der Waals surface area contributed by atoms with Gasteiger partial charge in [-0.05, 0) is 182 Å². The molecule has 5 aliphatic rings. The van der Waals surface area contributed by atoms with E-state index in [4.69, 9.17) is 0 Å². The van der Waals surface area contributed by atoms with E-state index in [1.807, 2.05) is 0 Å². The molecule has 314 valence electrons. The van der Waals surface area contributed by atoms with Gasteiger partial charge in [0.05, 0.1) is 11.4 Å². The van der Waals surface area contributed by atoms with Crippen LogP contribution in [0.4, 0.5) is 34.1 Å². The van der Waals surface area contributed by atoms with Gasteiger partial charge in [0, 0.05) is 38.9 Å². The lowest BCUT2D eigenvalue weighted by atomic mass is 9.43. The Hall–Kier alpha value is -7.42. The molecule has 0 saturated heterocycles. The van der Waals surface area contributed by atoms with E-state index < -0.39 is 0 Å². The Labute approximate surface area is 385 Å². The van der Waals surface area contributed by atoms with Crippen LogP contribution < -0.4 is 9.80 Å². The van der Waals surface area contributed by atoms with Crippen LogP contribution in [0.15, 0.2) is 206 Å². The molecule has 2 nitrogen and oxygen atoms in total. The van der Waals surface area contributed by atoms with Crippen LogP contribution in [0, 0.1) is 23.7 Å². The van der Waals surface area contributed by atoms with Crippen molar-refractivity contribution < 1.29 is 0 Å². The first-order chi connectivity index (χ1) is 32.7. The van der Waals surface area contributed by atoms with E-state index in [0.717, 1.165) is 35.0 Å². The molecule has 4 fully saturated rings. The van der Waals surface area contributed by atoms with Crippen LogP contribution in [-0.2, 0) is 5.41 Å². The van der Waals surface area contributed by atoms with Crippen molar-refractivity contribution in [2.75, 3.05) is 9.80 Å². The first-order valence-electron chi connectivity index (χ1n) is 24.3. The van der Waals surface area contributed by atoms with Crippen molar-refractivity contribution in [2.24, 2.45) is 23.7 Å². The largest absolute Gasteiger partial charge is 0.310 e. The van der Waals surface area contributed by atoms with E-state index in [1.54, 1.807) is 11.1 Å². The zero-order valence-corrected chi connectivity index (χ0v) is 36.9. The molecule has 4 saturated carbocycles. The third kappa shape index (κ3) is 5.08. The average molecular weight is 845 g/mol. The molecule has 5 aliphatic carbocycles. The summed E-state index contributed by atoms with van der Waals surface area (Å²) in [4.78, 5) is 4.99. The molecule has 0 aliphatic heterocycles. The maximum atomic E-state index is 2.57. The molecule has 2 heteroatoms. The van der Waals surface area contributed by atoms with Gasteiger partial charge < -0.3 is 9.80 Å². The summed E-state index contributed by atoms with van der Waals surface area (Å²) in [5.41, 5.74) is 13.3. The van der Waals surface area contributed by atoms with Crippen LogP contribution in [0.5, 0.6) is 0 Å². The summed E-state index contributed by atoms with van der Waals surface area (Å²) in [5, 5.41) is 12.7. The molecule has 0 aromatic heterocycles. The molecule has 4 bridgehead atoms. The van der Waals surface area contributed by atoms with Crippen molar-refractivity contribution in [3.8, 4) is 11.1 Å². The molecular formula is C64H48N2. The molecule has 0 atom stereocenters. The summed E-state index contributed by atoms with van der Waals surface area (Å²) >= 11 is 0. The van der Waals surface area contributed by atoms with Crippen molar-refractivity contribution in [1.29, 1.82) is 0 Å². The molecule has 0 amide bonds. The maximum absolute atomic E-state index is 2.57. The van der Waals surface area contributed by atoms with Crippen LogP contribution >= 0.6 is 0 Å². The second kappa shape index (κ2) is 13.8. The first-order valence-corrected chi connectivity index (χ1v) is 24.3. The number of hydrogen-bond donors (Lipinski definition) is 0. The van der Waals surface area contributed by atoms with Crippen molar-refractivity contribution >= 4 is 88.0 Å². The van der Waals surface area contributed by atoms with Gasteiger partial charge in [-0.25, -0.2) is 0 Å². The Morgan fingerprint density at radius 2 is 0.803 bits per heavy atom. The van der Waals surface area contributed by atoms with Crippen LogP contribution in [0.3, 0.4) is 0 Å². The predicted molar refractivity (Wildman–Crippen MR) is 278 cm³/mol. The Morgan fingerprint density at radius 3 is 1.47 bits per heavy atom. The van der Waals surface area contributed by atoms with Gasteiger partial charge in [-0.3, -0.25) is 0 Å². The highest BCUT2D eigenvalue weighted by Gasteiger charge is 2.61. The summed E-state index contributed by atoms with van der Waals surface area (Å²) in [5.74, 6) is 3.34. The van der Waals surface area contributed by atoms with Gasteiger partial charge in [-0.2, -0.15) is 0 Å². The van der Waals surface area contributed by atoms with E-state index in [0.29, 0.717) is 0 Å². The first kappa shape index (κ1) is 36.9. The number of rotatable bonds is 6. The predicted octanol–water partition coefficient (Wildman–Crippen LogP) is 17.6. The monoisotopic (exact) mass is 844 g/mol. The van der Waals surface area contributed by atoms with Crippen molar-refractivity contribution in [2.45, 2.75) is 37.5 Å². The van der Waals surface area contributed by atoms with Gasteiger partial charge in [-0.15, -0.1) is 0 Å². The fourth-order valence-electron chi connectivity index (χ4n) is 14.6. The van der Waals surface area contributed by atoms with Gasteiger partial charge in [-0.1, -0.05) is 146 Å². The van der Waals surface area contributed by atoms with Gasteiger partial charge >= 0.3 is 0 Å². The number of anilines is 6. The standard InChI is InChI=1S/C64H48N2/c1-3-12-48(13-4-1)65(50-25-29-53-45(38-50)20-19-42-11-7-8-16-52(42)53)60-31-23-43-22-28-56-61(32-24-44-21-27-55(60)62(43)63(44)56)66(49-14-5-2-6-15-49)51-26-30-59-57(39-51)54-17-9-10-18-58(54)64(59)46-34-40-33-41(36-46)37-47(64)35-40/h1-32,38-41,46-47H,33-37H2. The van der Waals surface area contributed by atoms with Gasteiger partial charge in [0.2, 0.25) is 0 Å². The third-order valence-electron chi connectivity index (χ3n) is 16.9. The molecule has 66 heavy (non-hydrogen) atoms. The zero-order valence-electron chi connectivity index (χ0n) is 36.9. The minimum Gasteiger partial charge on any atom is -0.310 e. The molecule has 11 aromatic rings. The molecule has 0 heterocycles. The number of hydrogen-bond acceptors (Lipinski definition) is 2. The molecule has 16 rings (SSSR count). The molecule has 0 N–H and O–H groups in total. The zero-order chi connectivity index (χ0) is 43.1. The van der Waals surface area contributed by atoms with Crippen LogP contribution in [0.2, 0.25) is 0 Å². The smallest absolute Gasteiger partial charge is 0.0540 e. The van der Waals surface area contributed by atoms with Gasteiger partial charge in [0.15, 0.2) is 0 Å². The Kier molecular flexibility index (Phi) is 7.71. The summed E-state index contributed by atoms with van der Waals surface area (Å²) in [7, 11) is 0. The van der Waals surface area contributed by atoms with Crippen molar-refractivity contribution in [3.05, 3.63) is 217 Å². The van der Waals surface area contributed by atoms with E-state index in [-0.39, 0.29) is 5.41 Å². The molecule has 11 aromatic carbocycles. The minimum atomic E-state index is 0.148. The van der Waals surface area contributed by atoms with Crippen LogP contribution in [0.1, 0.15) is 43.2 Å². The summed E-state index contributed by atoms with van der Waals surface area (Å²) in [6, 6.07) is 78.1. The second-order valence-electron chi connectivity index (χ2n) is 20.1. The molecule has 0 unspecified atom stereocenters. The number of benzene rings is 11. The third-order valence-corrected chi connectivity index (χ3v) is 16.9. The summed E-state index contributed by atoms with van der Waals surface area (Å²) < 4.78 is 0. The molecule has 0 radical (unpaired) electrons. The van der Waals surface area contributed by atoms with Crippen LogP contribution in [0.25, 0.3) is 65.0 Å². The molecular weight excluding hydrogens is 797 g/mol. The lowest BCUT2D eigenvalue weighted by Gasteiger charge is -2.61. The van der Waals surface area contributed by atoms with E-state index >= 15 is 0 Å². The van der Waals surface area contributed by atoms with Gasteiger partial charge in [0.25, 0.3) is 0 Å². The van der Waals surface area contributed by atoms with E-state index in [9.17, 15) is 0 Å². The lowest BCUT2D eigenvalue weighted by molar-refractivity contribution is -0.0399. The lowest BCUT2D eigenvalue weighted by Crippen LogP contribution is -2.55. The summed E-state index contributed by atoms with van der Waals surface area (Å²) in [6.45, 7) is 0. The van der Waals surface area contributed by atoms with Crippen LogP contribution in [-0.4, -0.2) is 0 Å². The summed E-state index contributed by atoms with van der Waals surface area (Å²) in [6.07, 6.45) is 7.05. The Morgan fingerprint density at radius 1 is 0.318 bits per heavy atom. The van der Waals surface area contributed by atoms with Gasteiger partial charge in [0.1, 0.15) is 0 Å². The highest BCUT2D eigenvalue weighted by molar-refractivity contribution is 6.28. The highest BCUT2D eigenvalue weighted by Crippen LogP contribution is 2.69.